The van der Waals surface area contributed by atoms with Crippen LogP contribution in [-0.2, 0) is 9.59 Å². The molecule has 0 bridgehead atoms. The van der Waals surface area contributed by atoms with E-state index in [4.69, 9.17) is 5.11 Å². The molecule has 0 saturated heterocycles. The Labute approximate surface area is 77.5 Å². The maximum atomic E-state index is 11.1. The molecule has 0 atom stereocenters. The van der Waals surface area contributed by atoms with Gasteiger partial charge in [0.15, 0.2) is 0 Å². The van der Waals surface area contributed by atoms with E-state index in [1.54, 1.807) is 20.8 Å². The summed E-state index contributed by atoms with van der Waals surface area (Å²) in [7, 11) is 0. The molecular weight excluding hydrogens is 172 g/mol. The van der Waals surface area contributed by atoms with E-state index >= 15 is 0 Å². The highest BCUT2D eigenvalue weighted by Crippen LogP contribution is 1.97. The molecule has 0 spiro atoms. The van der Waals surface area contributed by atoms with Crippen LogP contribution in [0.5, 0.6) is 0 Å². The summed E-state index contributed by atoms with van der Waals surface area (Å²) in [5.41, 5.74) is -0.423. The van der Waals surface area contributed by atoms with E-state index in [0.29, 0.717) is 0 Å². The lowest BCUT2D eigenvalue weighted by Crippen LogP contribution is -2.48. The molecule has 0 saturated carbocycles. The number of aliphatic hydroxyl groups is 1. The van der Waals surface area contributed by atoms with Crippen molar-refractivity contribution in [3.05, 3.63) is 0 Å². The standard InChI is InChI=1S/C8H16N2O3/c1-8(2,3)10-7(13)6(12)9-4-5-11/h11H,4-5H2,1-3H3,(H,9,12)(H,10,13). The van der Waals surface area contributed by atoms with Crippen molar-refractivity contribution in [3.8, 4) is 0 Å². The summed E-state index contributed by atoms with van der Waals surface area (Å²) in [4.78, 5) is 22.0. The highest BCUT2D eigenvalue weighted by atomic mass is 16.3. The fourth-order valence-electron chi connectivity index (χ4n) is 0.647. The van der Waals surface area contributed by atoms with Gasteiger partial charge in [0.25, 0.3) is 0 Å². The SMILES string of the molecule is CC(C)(C)NC(=O)C(=O)NCCO. The zero-order valence-electron chi connectivity index (χ0n) is 8.18. The maximum absolute atomic E-state index is 11.1. The van der Waals surface area contributed by atoms with Crippen molar-refractivity contribution in [2.75, 3.05) is 13.2 Å². The molecule has 0 heterocycles. The predicted octanol–water partition coefficient (Wildman–Crippen LogP) is -0.990. The number of carbonyl (C=O) groups excluding carboxylic acids is 2. The van der Waals surface area contributed by atoms with Crippen molar-refractivity contribution in [3.63, 3.8) is 0 Å². The monoisotopic (exact) mass is 188 g/mol. The summed E-state index contributed by atoms with van der Waals surface area (Å²) in [6, 6.07) is 0. The van der Waals surface area contributed by atoms with Gasteiger partial charge < -0.3 is 15.7 Å². The second-order valence-corrected chi connectivity index (χ2v) is 3.68. The van der Waals surface area contributed by atoms with Crippen LogP contribution in [0, 0.1) is 0 Å². The lowest BCUT2D eigenvalue weighted by molar-refractivity contribution is -0.140. The van der Waals surface area contributed by atoms with Gasteiger partial charge in [-0.1, -0.05) is 0 Å². The van der Waals surface area contributed by atoms with Crippen LogP contribution in [-0.4, -0.2) is 35.6 Å². The van der Waals surface area contributed by atoms with Gasteiger partial charge in [0, 0.05) is 12.1 Å². The van der Waals surface area contributed by atoms with Crippen LogP contribution in [0.4, 0.5) is 0 Å². The molecule has 2 amide bonds. The van der Waals surface area contributed by atoms with E-state index in [9.17, 15) is 9.59 Å². The number of hydrogen-bond donors (Lipinski definition) is 3. The number of nitrogens with one attached hydrogen (secondary N) is 2. The van der Waals surface area contributed by atoms with Gasteiger partial charge in [-0.05, 0) is 20.8 Å². The summed E-state index contributed by atoms with van der Waals surface area (Å²) < 4.78 is 0. The molecule has 0 aliphatic rings. The molecule has 0 radical (unpaired) electrons. The van der Waals surface area contributed by atoms with Gasteiger partial charge in [0.2, 0.25) is 0 Å². The first-order valence-corrected chi connectivity index (χ1v) is 4.08. The molecule has 0 aromatic carbocycles. The van der Waals surface area contributed by atoms with Crippen molar-refractivity contribution in [2.45, 2.75) is 26.3 Å². The third-order valence-electron chi connectivity index (χ3n) is 1.09. The van der Waals surface area contributed by atoms with Crippen LogP contribution in [0.3, 0.4) is 0 Å². The van der Waals surface area contributed by atoms with Gasteiger partial charge in [-0.15, -0.1) is 0 Å². The lowest BCUT2D eigenvalue weighted by Gasteiger charge is -2.19. The van der Waals surface area contributed by atoms with E-state index in [0.717, 1.165) is 0 Å². The van der Waals surface area contributed by atoms with Gasteiger partial charge in [-0.3, -0.25) is 9.59 Å². The summed E-state index contributed by atoms with van der Waals surface area (Å²) >= 11 is 0. The number of amides is 2. The molecule has 5 heteroatoms. The van der Waals surface area contributed by atoms with E-state index in [-0.39, 0.29) is 13.2 Å². The van der Waals surface area contributed by atoms with Crippen LogP contribution < -0.4 is 10.6 Å². The van der Waals surface area contributed by atoms with Crippen molar-refractivity contribution in [1.29, 1.82) is 0 Å². The first-order valence-electron chi connectivity index (χ1n) is 4.08. The average Bonchev–Trinajstić information content (AvgIpc) is 1.96. The fourth-order valence-corrected chi connectivity index (χ4v) is 0.647. The summed E-state index contributed by atoms with van der Waals surface area (Å²) in [6.45, 7) is 5.27. The molecule has 0 aliphatic heterocycles. The third kappa shape index (κ3) is 6.10. The molecule has 0 fully saturated rings. The van der Waals surface area contributed by atoms with Gasteiger partial charge >= 0.3 is 11.8 Å². The lowest BCUT2D eigenvalue weighted by atomic mass is 10.1. The highest BCUT2D eigenvalue weighted by Gasteiger charge is 2.19. The minimum Gasteiger partial charge on any atom is -0.395 e. The largest absolute Gasteiger partial charge is 0.395 e. The van der Waals surface area contributed by atoms with E-state index in [1.165, 1.54) is 0 Å². The van der Waals surface area contributed by atoms with Crippen molar-refractivity contribution >= 4 is 11.8 Å². The van der Waals surface area contributed by atoms with Crippen LogP contribution in [0.25, 0.3) is 0 Å². The van der Waals surface area contributed by atoms with E-state index in [2.05, 4.69) is 10.6 Å². The van der Waals surface area contributed by atoms with Gasteiger partial charge in [-0.2, -0.15) is 0 Å². The third-order valence-corrected chi connectivity index (χ3v) is 1.09. The van der Waals surface area contributed by atoms with Crippen LogP contribution in [0.1, 0.15) is 20.8 Å². The Morgan fingerprint density at radius 3 is 2.15 bits per heavy atom. The zero-order valence-corrected chi connectivity index (χ0v) is 8.18. The first kappa shape index (κ1) is 11.9. The minimum absolute atomic E-state index is 0.0936. The Balaban J connectivity index is 3.91. The van der Waals surface area contributed by atoms with Crippen molar-refractivity contribution in [1.82, 2.24) is 10.6 Å². The summed E-state index contributed by atoms with van der Waals surface area (Å²) in [5.74, 6) is -1.40. The second kappa shape index (κ2) is 4.81. The normalized spacial score (nSPS) is 10.8. The van der Waals surface area contributed by atoms with E-state index in [1.807, 2.05) is 0 Å². The molecular formula is C8H16N2O3. The summed E-state index contributed by atoms with van der Waals surface area (Å²) in [6.07, 6.45) is 0. The Morgan fingerprint density at radius 1 is 1.23 bits per heavy atom. The van der Waals surface area contributed by atoms with Gasteiger partial charge in [-0.25, -0.2) is 0 Å². The number of rotatable bonds is 2. The van der Waals surface area contributed by atoms with Crippen LogP contribution in [0.15, 0.2) is 0 Å². The molecule has 0 aliphatic carbocycles. The van der Waals surface area contributed by atoms with E-state index < -0.39 is 17.4 Å². The molecule has 76 valence electrons. The van der Waals surface area contributed by atoms with Crippen LogP contribution >= 0.6 is 0 Å². The topological polar surface area (TPSA) is 78.4 Å². The molecule has 3 N–H and O–H groups in total. The highest BCUT2D eigenvalue weighted by molar-refractivity contribution is 6.35. The maximum Gasteiger partial charge on any atom is 0.309 e. The summed E-state index contributed by atoms with van der Waals surface area (Å²) in [5, 5.41) is 13.1. The smallest absolute Gasteiger partial charge is 0.309 e. The molecule has 0 rings (SSSR count). The second-order valence-electron chi connectivity index (χ2n) is 3.68. The number of carbonyl (C=O) groups is 2. The molecule has 13 heavy (non-hydrogen) atoms. The number of aliphatic hydroxyl groups excluding tert-OH is 1. The van der Waals surface area contributed by atoms with Crippen LogP contribution in [0.2, 0.25) is 0 Å². The number of hydrogen-bond acceptors (Lipinski definition) is 3. The van der Waals surface area contributed by atoms with Crippen molar-refractivity contribution in [2.24, 2.45) is 0 Å². The Kier molecular flexibility index (Phi) is 4.40. The molecule has 0 aromatic rings. The Bertz CT molecular complexity index is 196. The molecule has 0 unspecified atom stereocenters. The van der Waals surface area contributed by atoms with Gasteiger partial charge in [0.05, 0.1) is 6.61 Å². The predicted molar refractivity (Wildman–Crippen MR) is 48.0 cm³/mol. The Hall–Kier alpha value is -1.10. The molecule has 0 aromatic heterocycles. The Morgan fingerprint density at radius 2 is 1.77 bits per heavy atom. The van der Waals surface area contributed by atoms with Crippen molar-refractivity contribution < 1.29 is 14.7 Å². The zero-order chi connectivity index (χ0) is 10.5. The fraction of sp³-hybridized carbons (Fsp3) is 0.750. The van der Waals surface area contributed by atoms with Gasteiger partial charge in [0.1, 0.15) is 0 Å². The minimum atomic E-state index is -0.719. The quantitative estimate of drug-likeness (QED) is 0.487. The molecule has 5 nitrogen and oxygen atoms in total. The first-order chi connectivity index (χ1) is 5.87. The average molecular weight is 188 g/mol.